The molecule has 420 valence electrons. The van der Waals surface area contributed by atoms with Crippen molar-refractivity contribution in [3.05, 3.63) is 237 Å². The lowest BCUT2D eigenvalue weighted by molar-refractivity contribution is -0.110. The quantitative estimate of drug-likeness (QED) is 0.144. The molecule has 0 N–H and O–H groups in total. The minimum absolute atomic E-state index is 0.0120. The Balaban J connectivity index is 1.07. The van der Waals surface area contributed by atoms with E-state index in [4.69, 9.17) is 0 Å². The van der Waals surface area contributed by atoms with Crippen LogP contribution in [0.15, 0.2) is 242 Å². The molecule has 6 aliphatic rings. The summed E-state index contributed by atoms with van der Waals surface area (Å²) < 4.78 is 0. The van der Waals surface area contributed by atoms with Gasteiger partial charge in [-0.2, -0.15) is 0 Å². The van der Waals surface area contributed by atoms with Gasteiger partial charge in [0.05, 0.1) is 0 Å². The molecule has 6 aromatic carbocycles. The van der Waals surface area contributed by atoms with Crippen LogP contribution in [0, 0.1) is 5.41 Å². The fourth-order valence-corrected chi connectivity index (χ4v) is 13.4. The van der Waals surface area contributed by atoms with E-state index in [-0.39, 0.29) is 53.4 Å². The Morgan fingerprint density at radius 1 is 0.329 bits per heavy atom. The normalized spacial score (nSPS) is 15.6. The molecular weight excluding hydrogens is 1190 g/mol. The topological polar surface area (TPSA) is 102 Å². The first kappa shape index (κ1) is 64.5. The van der Waals surface area contributed by atoms with Gasteiger partial charge in [0.2, 0.25) is 25.6 Å². The molecule has 15 heteroatoms. The summed E-state index contributed by atoms with van der Waals surface area (Å²) in [6, 6.07) is 42.1. The van der Waals surface area contributed by atoms with E-state index in [1.165, 1.54) is 23.5 Å². The third-order valence-electron chi connectivity index (χ3n) is 12.0. The minimum Gasteiger partial charge on any atom is -0.286 e. The highest BCUT2D eigenvalue weighted by Crippen LogP contribution is 2.37. The number of hydrogen-bond donors (Lipinski definition) is 0. The van der Waals surface area contributed by atoms with Gasteiger partial charge < -0.3 is 0 Å². The first-order chi connectivity index (χ1) is 38.9. The third kappa shape index (κ3) is 20.6. The van der Waals surface area contributed by atoms with Crippen molar-refractivity contribution in [3.8, 4) is 0 Å². The molecule has 12 rings (SSSR count). The van der Waals surface area contributed by atoms with Gasteiger partial charge in [-0.05, 0) is 229 Å². The van der Waals surface area contributed by atoms with Crippen LogP contribution in [-0.2, 0) is 20.4 Å². The standard InChI is InChI=1S/C67H62O6S9/c1-65(2,3)48-14-32-59(68)79-55-24-16-51(17-25-55)77-53-20-28-57(29-21-53)81-63(72)46-38-44(40-49(42-46)66(4,5)6)61(70)75-36-12-10-34-74-35-11-13-37-76-62(71)45-39-47(43-50(41-45)67(7,8)9)64(73)82-58-30-22-54(23-31-58)78-52-18-26-56(27-19-52)80-60(69)33-15-48/h10-32,34-43H,33H2,1-9H3. The van der Waals surface area contributed by atoms with Crippen LogP contribution >= 0.6 is 106 Å². The van der Waals surface area contributed by atoms with E-state index in [1.54, 1.807) is 64.7 Å². The largest absolute Gasteiger partial charge is 0.286 e. The number of allylic oxidation sites excluding steroid dienone is 7. The van der Waals surface area contributed by atoms with Gasteiger partial charge in [0.25, 0.3) is 0 Å². The highest BCUT2D eigenvalue weighted by Gasteiger charge is 2.23. The number of rotatable bonds is 0. The average Bonchev–Trinajstić information content (AvgIpc) is 3.64. The fraction of sp³-hybridized carbons (Fsp3) is 0.194. The van der Waals surface area contributed by atoms with Gasteiger partial charge >= 0.3 is 0 Å². The Hall–Kier alpha value is -5.07. The van der Waals surface area contributed by atoms with E-state index < -0.39 is 0 Å². The predicted molar refractivity (Wildman–Crippen MR) is 356 cm³/mol. The lowest BCUT2D eigenvalue weighted by Gasteiger charge is -2.20. The Morgan fingerprint density at radius 3 is 1.00 bits per heavy atom. The second kappa shape index (κ2) is 30.1. The zero-order chi connectivity index (χ0) is 59.0. The molecule has 6 heterocycles. The van der Waals surface area contributed by atoms with Crippen LogP contribution < -0.4 is 0 Å². The molecule has 6 aliphatic heterocycles. The van der Waals surface area contributed by atoms with E-state index in [9.17, 15) is 28.8 Å². The van der Waals surface area contributed by atoms with E-state index in [2.05, 4.69) is 62.3 Å². The molecule has 12 bridgehead atoms. The maximum Gasteiger partial charge on any atom is 0.224 e. The summed E-state index contributed by atoms with van der Waals surface area (Å²) in [6.45, 7) is 18.5. The number of carbonyl (C=O) groups is 6. The van der Waals surface area contributed by atoms with Crippen LogP contribution in [0.1, 0.15) is 121 Å². The van der Waals surface area contributed by atoms with Crippen LogP contribution in [-0.4, -0.2) is 30.7 Å². The van der Waals surface area contributed by atoms with Crippen LogP contribution in [0.25, 0.3) is 0 Å². The van der Waals surface area contributed by atoms with Crippen molar-refractivity contribution in [1.29, 1.82) is 0 Å². The van der Waals surface area contributed by atoms with Gasteiger partial charge in [-0.1, -0.05) is 158 Å². The molecule has 0 spiro atoms. The lowest BCUT2D eigenvalue weighted by atomic mass is 9.85. The van der Waals surface area contributed by atoms with Crippen molar-refractivity contribution in [2.75, 3.05) is 0 Å². The van der Waals surface area contributed by atoms with E-state index in [0.29, 0.717) is 22.3 Å². The first-order valence-electron chi connectivity index (χ1n) is 26.0. The smallest absolute Gasteiger partial charge is 0.224 e. The molecule has 0 amide bonds. The number of benzene rings is 6. The summed E-state index contributed by atoms with van der Waals surface area (Å²) in [4.78, 5) is 88.2. The van der Waals surface area contributed by atoms with Crippen molar-refractivity contribution in [2.24, 2.45) is 5.41 Å². The molecule has 0 radical (unpaired) electrons. The highest BCUT2D eigenvalue weighted by molar-refractivity contribution is 8.17. The van der Waals surface area contributed by atoms with Crippen LogP contribution in [0.5, 0.6) is 0 Å². The molecule has 82 heavy (non-hydrogen) atoms. The van der Waals surface area contributed by atoms with Crippen molar-refractivity contribution >= 4 is 137 Å². The molecule has 0 unspecified atom stereocenters. The van der Waals surface area contributed by atoms with Gasteiger partial charge in [0, 0.05) is 67.8 Å². The second-order valence-electron chi connectivity index (χ2n) is 21.6. The summed E-state index contributed by atoms with van der Waals surface area (Å²) >= 11 is 11.3. The number of carbonyl (C=O) groups excluding carboxylic acids is 6. The number of fused-ring (bicyclic) bond motifs is 2. The lowest BCUT2D eigenvalue weighted by Crippen LogP contribution is -2.13. The minimum atomic E-state index is -0.304. The van der Waals surface area contributed by atoms with Gasteiger partial charge in [-0.15, -0.1) is 11.8 Å². The van der Waals surface area contributed by atoms with Crippen molar-refractivity contribution in [1.82, 2.24) is 0 Å². The zero-order valence-electron chi connectivity index (χ0n) is 46.9. The Bertz CT molecular complexity index is 3500. The first-order valence-corrected chi connectivity index (χ1v) is 33.6. The maximum absolute atomic E-state index is 13.8. The van der Waals surface area contributed by atoms with Crippen LogP contribution in [0.2, 0.25) is 0 Å². The van der Waals surface area contributed by atoms with E-state index in [0.717, 1.165) is 115 Å². The molecule has 6 nitrogen and oxygen atoms in total. The van der Waals surface area contributed by atoms with E-state index >= 15 is 0 Å². The Morgan fingerprint density at radius 2 is 0.646 bits per heavy atom. The molecule has 6 aromatic rings. The van der Waals surface area contributed by atoms with Crippen LogP contribution in [0.4, 0.5) is 0 Å². The molecule has 0 fully saturated rings. The summed E-state index contributed by atoms with van der Waals surface area (Å²) in [6.07, 6.45) is 12.7. The molecular formula is C67H62O6S9. The number of hydrogen-bond acceptors (Lipinski definition) is 15. The Labute approximate surface area is 521 Å². The Kier molecular flexibility index (Phi) is 23.7. The number of thioether (sulfide) groups is 7. The van der Waals surface area contributed by atoms with Crippen molar-refractivity contribution in [3.63, 3.8) is 0 Å². The molecule has 0 atom stereocenters. The average molecular weight is 1250 g/mol. The third-order valence-corrected chi connectivity index (χ3v) is 19.7. The summed E-state index contributed by atoms with van der Waals surface area (Å²) in [5.74, 6) is 0. The summed E-state index contributed by atoms with van der Waals surface area (Å²) in [5, 5.41) is 6.39. The fourth-order valence-electron chi connectivity index (χ4n) is 7.45. The molecule has 0 aliphatic carbocycles. The van der Waals surface area contributed by atoms with Gasteiger partial charge in [-0.3, -0.25) is 28.8 Å². The molecule has 0 aromatic heterocycles. The van der Waals surface area contributed by atoms with E-state index in [1.807, 2.05) is 156 Å². The van der Waals surface area contributed by atoms with Gasteiger partial charge in [0.1, 0.15) is 0 Å². The monoisotopic (exact) mass is 1250 g/mol. The van der Waals surface area contributed by atoms with Crippen molar-refractivity contribution < 1.29 is 28.8 Å². The van der Waals surface area contributed by atoms with Crippen molar-refractivity contribution in [2.45, 2.75) is 119 Å². The molecule has 0 saturated heterocycles. The van der Waals surface area contributed by atoms with Gasteiger partial charge in [0.15, 0.2) is 5.12 Å². The summed E-state index contributed by atoms with van der Waals surface area (Å²) in [5.41, 5.74) is 3.57. The summed E-state index contributed by atoms with van der Waals surface area (Å²) in [7, 11) is 0. The molecule has 0 saturated carbocycles. The SMILES string of the molecule is CC(C)(C)C1=CCC(=O)Sc2ccc(cc2)Sc2ccc(cc2)SC(=O)c2cc(cc(C(C)(C)C)c2)C(=O)SC=CC=CSC=CC=CSC(=O)c2cc(cc(C(C)(C)C)c2)C(=O)Sc2ccc(cc2)Sc2ccc(cc2)SC(=O)C=C1. The van der Waals surface area contributed by atoms with Crippen LogP contribution in [0.3, 0.4) is 0 Å². The maximum atomic E-state index is 13.8. The highest BCUT2D eigenvalue weighted by atomic mass is 32.2. The predicted octanol–water partition coefficient (Wildman–Crippen LogP) is 20.9. The van der Waals surface area contributed by atoms with Gasteiger partial charge in [-0.25, -0.2) is 0 Å². The second-order valence-corrected chi connectivity index (χ2v) is 30.7. The zero-order valence-corrected chi connectivity index (χ0v) is 54.2.